The lowest BCUT2D eigenvalue weighted by atomic mass is 10.1. The third-order valence-electron chi connectivity index (χ3n) is 3.92. The van der Waals surface area contributed by atoms with E-state index in [1.54, 1.807) is 18.3 Å². The Balaban J connectivity index is 1.72. The lowest BCUT2D eigenvalue weighted by Gasteiger charge is -2.05. The molecule has 0 spiro atoms. The van der Waals surface area contributed by atoms with Crippen molar-refractivity contribution in [2.45, 2.75) is 45.4 Å². The molecule has 0 aliphatic rings. The molecule has 1 aromatic heterocycles. The molecule has 0 unspecified atom stereocenters. The fraction of sp³-hybridized carbons (Fsp3) is 0.500. The molecular formula is C18H25FN2O. The Labute approximate surface area is 131 Å². The molecule has 0 atom stereocenters. The quantitative estimate of drug-likeness (QED) is 0.503. The fourth-order valence-corrected chi connectivity index (χ4v) is 2.61. The van der Waals surface area contributed by atoms with Crippen molar-refractivity contribution in [3.63, 3.8) is 0 Å². The van der Waals surface area contributed by atoms with Crippen LogP contribution in [0.25, 0.3) is 10.9 Å². The van der Waals surface area contributed by atoms with Crippen LogP contribution in [-0.2, 0) is 0 Å². The van der Waals surface area contributed by atoms with Crippen molar-refractivity contribution in [1.82, 2.24) is 10.3 Å². The molecule has 2 N–H and O–H groups in total. The van der Waals surface area contributed by atoms with Gasteiger partial charge in [0.25, 0.3) is 0 Å². The number of ketones is 1. The average Bonchev–Trinajstić information content (AvgIpc) is 2.98. The van der Waals surface area contributed by atoms with E-state index < -0.39 is 0 Å². The summed E-state index contributed by atoms with van der Waals surface area (Å²) in [6.07, 6.45) is 8.32. The van der Waals surface area contributed by atoms with Gasteiger partial charge in [0.2, 0.25) is 0 Å². The van der Waals surface area contributed by atoms with Gasteiger partial charge in [-0.3, -0.25) is 4.79 Å². The highest BCUT2D eigenvalue weighted by atomic mass is 19.1. The van der Waals surface area contributed by atoms with Crippen molar-refractivity contribution in [3.8, 4) is 0 Å². The first-order valence-electron chi connectivity index (χ1n) is 8.23. The van der Waals surface area contributed by atoms with Crippen LogP contribution in [0.1, 0.15) is 55.8 Å². The molecule has 3 nitrogen and oxygen atoms in total. The summed E-state index contributed by atoms with van der Waals surface area (Å²) in [6, 6.07) is 4.86. The summed E-state index contributed by atoms with van der Waals surface area (Å²) in [6.45, 7) is 3.80. The molecule has 120 valence electrons. The van der Waals surface area contributed by atoms with Crippen molar-refractivity contribution in [2.24, 2.45) is 0 Å². The molecule has 0 radical (unpaired) electrons. The highest BCUT2D eigenvalue weighted by molar-refractivity contribution is 5.99. The molecule has 0 fully saturated rings. The first-order valence-corrected chi connectivity index (χ1v) is 8.23. The molecule has 0 aliphatic heterocycles. The molecular weight excluding hydrogens is 279 g/mol. The molecule has 0 saturated carbocycles. The summed E-state index contributed by atoms with van der Waals surface area (Å²) in [7, 11) is 0. The summed E-state index contributed by atoms with van der Waals surface area (Å²) in [4.78, 5) is 15.0. The second kappa shape index (κ2) is 8.69. The first-order chi connectivity index (χ1) is 10.7. The van der Waals surface area contributed by atoms with E-state index in [-0.39, 0.29) is 11.6 Å². The molecule has 0 bridgehead atoms. The normalized spacial score (nSPS) is 11.2. The number of hydrogen-bond acceptors (Lipinski definition) is 2. The van der Waals surface area contributed by atoms with E-state index in [9.17, 15) is 9.18 Å². The van der Waals surface area contributed by atoms with Crippen LogP contribution in [0.5, 0.6) is 0 Å². The molecule has 0 saturated heterocycles. The Bertz CT molecular complexity index is 606. The Morgan fingerprint density at radius 1 is 1.18 bits per heavy atom. The molecule has 22 heavy (non-hydrogen) atoms. The Kier molecular flexibility index (Phi) is 6.59. The maximum atomic E-state index is 13.8. The van der Waals surface area contributed by atoms with Crippen molar-refractivity contribution >= 4 is 16.7 Å². The zero-order chi connectivity index (χ0) is 15.8. The Morgan fingerprint density at radius 3 is 2.82 bits per heavy atom. The lowest BCUT2D eigenvalue weighted by molar-refractivity contribution is 0.0982. The van der Waals surface area contributed by atoms with Gasteiger partial charge >= 0.3 is 0 Å². The Morgan fingerprint density at radius 2 is 2.00 bits per heavy atom. The van der Waals surface area contributed by atoms with Crippen LogP contribution in [0.4, 0.5) is 4.39 Å². The number of aromatic nitrogens is 1. The molecule has 1 heterocycles. The van der Waals surface area contributed by atoms with Gasteiger partial charge in [0, 0.05) is 30.1 Å². The number of carbonyl (C=O) groups excluding carboxylic acids is 1. The van der Waals surface area contributed by atoms with Crippen molar-refractivity contribution in [2.75, 3.05) is 13.1 Å². The standard InChI is InChI=1S/C18H25FN2O/c1-2-3-4-5-6-9-20-10-8-17(22)15-12-14-7-11-21-18(14)16(19)13-15/h7,11-13,20-21H,2-6,8-10H2,1H3. The van der Waals surface area contributed by atoms with Crippen LogP contribution < -0.4 is 5.32 Å². The van der Waals surface area contributed by atoms with Crippen LogP contribution in [-0.4, -0.2) is 23.9 Å². The molecule has 0 amide bonds. The van der Waals surface area contributed by atoms with Gasteiger partial charge in [0.1, 0.15) is 5.82 Å². The van der Waals surface area contributed by atoms with E-state index in [0.717, 1.165) is 18.4 Å². The van der Waals surface area contributed by atoms with Gasteiger partial charge in [0.05, 0.1) is 5.52 Å². The molecule has 4 heteroatoms. The van der Waals surface area contributed by atoms with E-state index in [4.69, 9.17) is 0 Å². The topological polar surface area (TPSA) is 44.9 Å². The maximum absolute atomic E-state index is 13.8. The van der Waals surface area contributed by atoms with Crippen molar-refractivity contribution in [3.05, 3.63) is 35.8 Å². The zero-order valence-corrected chi connectivity index (χ0v) is 13.3. The second-order valence-corrected chi connectivity index (χ2v) is 5.74. The minimum atomic E-state index is -0.366. The monoisotopic (exact) mass is 304 g/mol. The minimum Gasteiger partial charge on any atom is -0.359 e. The molecule has 1 aromatic carbocycles. The van der Waals surface area contributed by atoms with Crippen LogP contribution in [0.2, 0.25) is 0 Å². The number of fused-ring (bicyclic) bond motifs is 1. The highest BCUT2D eigenvalue weighted by Gasteiger charge is 2.10. The number of nitrogens with one attached hydrogen (secondary N) is 2. The van der Waals surface area contributed by atoms with Crippen LogP contribution in [0.15, 0.2) is 24.4 Å². The molecule has 2 aromatic rings. The average molecular weight is 304 g/mol. The van der Waals surface area contributed by atoms with Crippen molar-refractivity contribution < 1.29 is 9.18 Å². The third kappa shape index (κ3) is 4.67. The largest absolute Gasteiger partial charge is 0.359 e. The third-order valence-corrected chi connectivity index (χ3v) is 3.92. The van der Waals surface area contributed by atoms with Gasteiger partial charge in [-0.05, 0) is 31.2 Å². The summed E-state index contributed by atoms with van der Waals surface area (Å²) in [5.74, 6) is -0.379. The van der Waals surface area contributed by atoms with Gasteiger partial charge in [-0.2, -0.15) is 0 Å². The van der Waals surface area contributed by atoms with Crippen LogP contribution in [0, 0.1) is 5.82 Å². The highest BCUT2D eigenvalue weighted by Crippen LogP contribution is 2.19. The number of aromatic amines is 1. The number of hydrogen-bond donors (Lipinski definition) is 2. The second-order valence-electron chi connectivity index (χ2n) is 5.74. The fourth-order valence-electron chi connectivity index (χ4n) is 2.61. The summed E-state index contributed by atoms with van der Waals surface area (Å²) >= 11 is 0. The smallest absolute Gasteiger partial charge is 0.164 e. The van der Waals surface area contributed by atoms with E-state index >= 15 is 0 Å². The number of Topliss-reactive ketones (excluding diaryl/α,β-unsaturated/α-hetero) is 1. The Hall–Kier alpha value is -1.68. The predicted octanol–water partition coefficient (Wildman–Crippen LogP) is 4.44. The number of unbranched alkanes of at least 4 members (excludes halogenated alkanes) is 4. The number of benzene rings is 1. The van der Waals surface area contributed by atoms with Gasteiger partial charge in [-0.25, -0.2) is 4.39 Å². The number of rotatable bonds is 10. The lowest BCUT2D eigenvalue weighted by Crippen LogP contribution is -2.19. The number of carbonyl (C=O) groups is 1. The predicted molar refractivity (Wildman–Crippen MR) is 88.8 cm³/mol. The van der Waals surface area contributed by atoms with E-state index in [0.29, 0.717) is 24.0 Å². The van der Waals surface area contributed by atoms with Crippen molar-refractivity contribution in [1.29, 1.82) is 0 Å². The van der Waals surface area contributed by atoms with E-state index in [1.807, 2.05) is 0 Å². The van der Waals surface area contributed by atoms with Crippen LogP contribution >= 0.6 is 0 Å². The summed E-state index contributed by atoms with van der Waals surface area (Å²) < 4.78 is 13.8. The first kappa shape index (κ1) is 16.7. The van der Waals surface area contributed by atoms with Crippen LogP contribution in [0.3, 0.4) is 0 Å². The summed E-state index contributed by atoms with van der Waals surface area (Å²) in [5, 5.41) is 4.03. The number of H-pyrrole nitrogens is 1. The van der Waals surface area contributed by atoms with Gasteiger partial charge in [0.15, 0.2) is 5.78 Å². The minimum absolute atomic E-state index is 0.0134. The SMILES string of the molecule is CCCCCCCNCCC(=O)c1cc(F)c2[nH]ccc2c1. The van der Waals surface area contributed by atoms with Gasteiger partial charge in [-0.1, -0.05) is 32.6 Å². The maximum Gasteiger partial charge on any atom is 0.164 e. The summed E-state index contributed by atoms with van der Waals surface area (Å²) in [5.41, 5.74) is 0.913. The van der Waals surface area contributed by atoms with Gasteiger partial charge < -0.3 is 10.3 Å². The van der Waals surface area contributed by atoms with E-state index in [2.05, 4.69) is 17.2 Å². The zero-order valence-electron chi connectivity index (χ0n) is 13.3. The number of halogens is 1. The molecule has 2 rings (SSSR count). The van der Waals surface area contributed by atoms with E-state index in [1.165, 1.54) is 31.7 Å². The van der Waals surface area contributed by atoms with Gasteiger partial charge in [-0.15, -0.1) is 0 Å². The molecule has 0 aliphatic carbocycles.